The number of aryl methyl sites for hydroxylation is 1. The monoisotopic (exact) mass is 467 g/mol. The van der Waals surface area contributed by atoms with E-state index in [0.29, 0.717) is 38.7 Å². The molecule has 1 aromatic heterocycles. The fourth-order valence-electron chi connectivity index (χ4n) is 2.17. The van der Waals surface area contributed by atoms with E-state index in [1.807, 2.05) is 38.8 Å². The molecule has 1 fully saturated rings. The van der Waals surface area contributed by atoms with E-state index in [1.54, 1.807) is 16.2 Å². The number of aromatic nitrogens is 1. The predicted molar refractivity (Wildman–Crippen MR) is 107 cm³/mol. The van der Waals surface area contributed by atoms with Gasteiger partial charge in [-0.2, -0.15) is 0 Å². The molecule has 7 nitrogen and oxygen atoms in total. The highest BCUT2D eigenvalue weighted by atomic mass is 127. The fraction of sp³-hybridized carbons (Fsp3) is 0.667. The molecule has 0 aliphatic carbocycles. The minimum Gasteiger partial charge on any atom is -0.444 e. The van der Waals surface area contributed by atoms with Gasteiger partial charge >= 0.3 is 6.09 Å². The van der Waals surface area contributed by atoms with Gasteiger partial charge in [0.1, 0.15) is 10.6 Å². The van der Waals surface area contributed by atoms with Crippen molar-refractivity contribution in [3.63, 3.8) is 0 Å². The van der Waals surface area contributed by atoms with Crippen molar-refractivity contribution in [3.8, 4) is 0 Å². The van der Waals surface area contributed by atoms with Gasteiger partial charge in [0, 0.05) is 37.3 Å². The summed E-state index contributed by atoms with van der Waals surface area (Å²) in [6, 6.07) is 0. The number of halogens is 1. The molecule has 1 saturated heterocycles. The van der Waals surface area contributed by atoms with E-state index in [4.69, 9.17) is 10.5 Å². The number of carbonyl (C=O) groups is 1. The summed E-state index contributed by atoms with van der Waals surface area (Å²) >= 11 is 1.62. The lowest BCUT2D eigenvalue weighted by atomic mass is 10.2. The summed E-state index contributed by atoms with van der Waals surface area (Å²) in [6.45, 7) is 10.6. The second-order valence-electron chi connectivity index (χ2n) is 6.49. The van der Waals surface area contributed by atoms with Crippen LogP contribution in [0.5, 0.6) is 0 Å². The van der Waals surface area contributed by atoms with E-state index in [2.05, 4.69) is 9.98 Å². The molecule has 2 rings (SSSR count). The standard InChI is InChI=1S/C15H25N5O2S.HI/c1-11-9-17-12(23-11)10-18-13(16)19-5-7-20(8-6-19)14(21)22-15(2,3)4;/h9H,5-8,10H2,1-4H3,(H2,16,18);1H. The van der Waals surface area contributed by atoms with Crippen LogP contribution in [0.4, 0.5) is 4.79 Å². The van der Waals surface area contributed by atoms with Gasteiger partial charge in [0.05, 0.1) is 6.54 Å². The average Bonchev–Trinajstić information content (AvgIpc) is 2.89. The SMILES string of the molecule is Cc1cnc(CN=C(N)N2CCN(C(=O)OC(C)(C)C)CC2)s1.I. The number of nitrogens with two attached hydrogens (primary N) is 1. The summed E-state index contributed by atoms with van der Waals surface area (Å²) in [4.78, 5) is 25.5. The van der Waals surface area contributed by atoms with Crippen molar-refractivity contribution in [3.05, 3.63) is 16.1 Å². The van der Waals surface area contributed by atoms with Crippen LogP contribution in [-0.2, 0) is 11.3 Å². The number of thiazole rings is 1. The Kier molecular flexibility index (Phi) is 7.71. The Bertz CT molecular complexity index is 577. The molecule has 1 aliphatic heterocycles. The van der Waals surface area contributed by atoms with Crippen LogP contribution < -0.4 is 5.73 Å². The van der Waals surface area contributed by atoms with E-state index in [9.17, 15) is 4.79 Å². The molecule has 1 aliphatic rings. The largest absolute Gasteiger partial charge is 0.444 e. The Morgan fingerprint density at radius 1 is 1.33 bits per heavy atom. The van der Waals surface area contributed by atoms with Crippen LogP contribution in [-0.4, -0.2) is 58.6 Å². The maximum atomic E-state index is 12.0. The lowest BCUT2D eigenvalue weighted by molar-refractivity contribution is 0.0186. The summed E-state index contributed by atoms with van der Waals surface area (Å²) in [6.07, 6.45) is 1.57. The van der Waals surface area contributed by atoms with Crippen LogP contribution in [0.15, 0.2) is 11.2 Å². The van der Waals surface area contributed by atoms with E-state index < -0.39 is 5.60 Å². The van der Waals surface area contributed by atoms with Gasteiger partial charge in [-0.25, -0.2) is 14.8 Å². The number of amides is 1. The van der Waals surface area contributed by atoms with E-state index >= 15 is 0 Å². The summed E-state index contributed by atoms with van der Waals surface area (Å²) in [5.74, 6) is 0.502. The average molecular weight is 467 g/mol. The third kappa shape index (κ3) is 6.42. The van der Waals surface area contributed by atoms with Gasteiger partial charge in [0.15, 0.2) is 5.96 Å². The molecule has 136 valence electrons. The number of carbonyl (C=O) groups excluding carboxylic acids is 1. The van der Waals surface area contributed by atoms with Crippen molar-refractivity contribution in [2.75, 3.05) is 26.2 Å². The maximum Gasteiger partial charge on any atom is 0.410 e. The Morgan fingerprint density at radius 3 is 2.42 bits per heavy atom. The first kappa shape index (κ1) is 20.9. The van der Waals surface area contributed by atoms with E-state index in [0.717, 1.165) is 5.01 Å². The Balaban J connectivity index is 0.00000288. The van der Waals surface area contributed by atoms with Crippen molar-refractivity contribution >= 4 is 47.4 Å². The van der Waals surface area contributed by atoms with Crippen LogP contribution in [0.2, 0.25) is 0 Å². The highest BCUT2D eigenvalue weighted by Gasteiger charge is 2.26. The van der Waals surface area contributed by atoms with Crippen LogP contribution >= 0.6 is 35.3 Å². The first-order valence-corrected chi connectivity index (χ1v) is 8.50. The van der Waals surface area contributed by atoms with Gasteiger partial charge in [-0.3, -0.25) is 0 Å². The normalized spacial score (nSPS) is 15.9. The summed E-state index contributed by atoms with van der Waals surface area (Å²) in [7, 11) is 0. The van der Waals surface area contributed by atoms with Crippen LogP contribution in [0.1, 0.15) is 30.7 Å². The van der Waals surface area contributed by atoms with Crippen molar-refractivity contribution in [1.29, 1.82) is 0 Å². The lowest BCUT2D eigenvalue weighted by Crippen LogP contribution is -2.53. The van der Waals surface area contributed by atoms with Crippen LogP contribution in [0, 0.1) is 6.92 Å². The zero-order valence-electron chi connectivity index (χ0n) is 14.6. The third-order valence-corrected chi connectivity index (χ3v) is 4.20. The number of guanidine groups is 1. The fourth-order valence-corrected chi connectivity index (χ4v) is 2.88. The number of ether oxygens (including phenoxy) is 1. The molecule has 0 unspecified atom stereocenters. The van der Waals surface area contributed by atoms with Crippen LogP contribution in [0.3, 0.4) is 0 Å². The number of nitrogens with zero attached hydrogens (tertiary/aromatic N) is 4. The Morgan fingerprint density at radius 2 is 1.92 bits per heavy atom. The summed E-state index contributed by atoms with van der Waals surface area (Å²) < 4.78 is 5.38. The molecule has 0 bridgehead atoms. The quantitative estimate of drug-likeness (QED) is 0.411. The highest BCUT2D eigenvalue weighted by molar-refractivity contribution is 14.0. The zero-order valence-corrected chi connectivity index (χ0v) is 17.8. The smallest absolute Gasteiger partial charge is 0.410 e. The molecular weight excluding hydrogens is 441 g/mol. The molecule has 0 aromatic carbocycles. The number of rotatable bonds is 2. The minimum absolute atomic E-state index is 0. The Hall–Kier alpha value is -1.10. The number of aliphatic imine (C=N–C) groups is 1. The van der Waals surface area contributed by atoms with Crippen molar-refractivity contribution in [1.82, 2.24) is 14.8 Å². The van der Waals surface area contributed by atoms with E-state index in [-0.39, 0.29) is 30.1 Å². The molecule has 1 amide bonds. The predicted octanol–water partition coefficient (Wildman–Crippen LogP) is 2.44. The first-order chi connectivity index (χ1) is 10.7. The second kappa shape index (κ2) is 8.84. The molecule has 1 aromatic rings. The molecule has 0 spiro atoms. The Labute approximate surface area is 164 Å². The van der Waals surface area contributed by atoms with Gasteiger partial charge in [-0.1, -0.05) is 0 Å². The molecule has 0 atom stereocenters. The van der Waals surface area contributed by atoms with Gasteiger partial charge in [0.2, 0.25) is 0 Å². The van der Waals surface area contributed by atoms with Gasteiger partial charge in [-0.15, -0.1) is 35.3 Å². The first-order valence-electron chi connectivity index (χ1n) is 7.69. The molecule has 0 radical (unpaired) electrons. The molecular formula is C15H26IN5O2S. The summed E-state index contributed by atoms with van der Waals surface area (Å²) in [5, 5.41) is 0.956. The van der Waals surface area contributed by atoms with E-state index in [1.165, 1.54) is 4.88 Å². The molecule has 2 N–H and O–H groups in total. The topological polar surface area (TPSA) is 84.0 Å². The lowest BCUT2D eigenvalue weighted by Gasteiger charge is -2.36. The van der Waals surface area contributed by atoms with Gasteiger partial charge < -0.3 is 20.3 Å². The number of hydrogen-bond acceptors (Lipinski definition) is 5. The van der Waals surface area contributed by atoms with Gasteiger partial charge in [-0.05, 0) is 27.7 Å². The molecule has 0 saturated carbocycles. The third-order valence-electron chi connectivity index (χ3n) is 3.30. The second-order valence-corrected chi connectivity index (χ2v) is 7.81. The zero-order chi connectivity index (χ0) is 17.0. The molecule has 2 heterocycles. The van der Waals surface area contributed by atoms with Gasteiger partial charge in [0.25, 0.3) is 0 Å². The van der Waals surface area contributed by atoms with Crippen molar-refractivity contribution in [2.24, 2.45) is 10.7 Å². The maximum absolute atomic E-state index is 12.0. The molecule has 24 heavy (non-hydrogen) atoms. The molecule has 9 heteroatoms. The van der Waals surface area contributed by atoms with Crippen LogP contribution in [0.25, 0.3) is 0 Å². The van der Waals surface area contributed by atoms with Crippen molar-refractivity contribution in [2.45, 2.75) is 39.8 Å². The summed E-state index contributed by atoms with van der Waals surface area (Å²) in [5.41, 5.74) is 5.57. The van der Waals surface area contributed by atoms with Crippen molar-refractivity contribution < 1.29 is 9.53 Å². The number of hydrogen-bond donors (Lipinski definition) is 1. The highest BCUT2D eigenvalue weighted by Crippen LogP contribution is 2.13. The minimum atomic E-state index is -0.472. The number of piperazine rings is 1.